The van der Waals surface area contributed by atoms with Crippen molar-refractivity contribution >= 4 is 23.6 Å². The van der Waals surface area contributed by atoms with Crippen LogP contribution in [0, 0.1) is 11.3 Å². The number of nitrogens with zero attached hydrogens (tertiary/aromatic N) is 1. The highest BCUT2D eigenvalue weighted by Crippen LogP contribution is 2.20. The third-order valence-electron chi connectivity index (χ3n) is 3.66. The molecule has 2 amide bonds. The Kier molecular flexibility index (Phi) is 8.24. The molecule has 0 aliphatic carbocycles. The summed E-state index contributed by atoms with van der Waals surface area (Å²) in [6, 6.07) is 20.8. The number of thioether (sulfide) groups is 1. The van der Waals surface area contributed by atoms with Gasteiger partial charge in [0.05, 0.1) is 11.3 Å². The van der Waals surface area contributed by atoms with Crippen LogP contribution in [0.1, 0.15) is 22.3 Å². The smallest absolute Gasteiger partial charge is 0.251 e. The molecule has 1 atom stereocenters. The van der Waals surface area contributed by atoms with Crippen LogP contribution in [0.3, 0.4) is 0 Å². The van der Waals surface area contributed by atoms with E-state index >= 15 is 0 Å². The van der Waals surface area contributed by atoms with Gasteiger partial charge in [0.25, 0.3) is 5.91 Å². The fourth-order valence-electron chi connectivity index (χ4n) is 2.31. The third-order valence-corrected chi connectivity index (χ3v) is 5.01. The second-order valence-electron chi connectivity index (χ2n) is 5.57. The molecule has 2 aromatic rings. The average molecular weight is 367 g/mol. The fourth-order valence-corrected chi connectivity index (χ4v) is 3.42. The lowest BCUT2D eigenvalue weighted by molar-refractivity contribution is -0.120. The van der Waals surface area contributed by atoms with Crippen molar-refractivity contribution in [3.63, 3.8) is 0 Å². The molecule has 0 heterocycles. The zero-order chi connectivity index (χ0) is 18.6. The minimum Gasteiger partial charge on any atom is -0.352 e. The van der Waals surface area contributed by atoms with E-state index in [0.29, 0.717) is 24.3 Å². The summed E-state index contributed by atoms with van der Waals surface area (Å²) in [6.45, 7) is 0.373. The molecule has 26 heavy (non-hydrogen) atoms. The molecule has 0 spiro atoms. The lowest BCUT2D eigenvalue weighted by atomic mass is 10.2. The van der Waals surface area contributed by atoms with Gasteiger partial charge in [-0.3, -0.25) is 9.59 Å². The number of nitriles is 1. The highest BCUT2D eigenvalue weighted by molar-refractivity contribution is 7.99. The quantitative estimate of drug-likeness (QED) is 0.668. The maximum Gasteiger partial charge on any atom is 0.251 e. The standard InChI is InChI=1S/C20H21N3O2S/c21-12-14-23-20(25)18(26-15-16-7-3-1-4-8-16)11-13-22-19(24)17-9-5-2-6-10-17/h1-10,18H,11,13-15H2,(H,22,24)(H,23,25). The topological polar surface area (TPSA) is 82.0 Å². The number of hydrogen-bond donors (Lipinski definition) is 2. The van der Waals surface area contributed by atoms with Crippen molar-refractivity contribution in [3.05, 3.63) is 71.8 Å². The Hall–Kier alpha value is -2.78. The Morgan fingerprint density at radius 1 is 1.00 bits per heavy atom. The molecule has 5 nitrogen and oxygen atoms in total. The van der Waals surface area contributed by atoms with E-state index in [2.05, 4.69) is 10.6 Å². The molecular formula is C20H21N3O2S. The molecule has 134 valence electrons. The minimum atomic E-state index is -0.334. The predicted octanol–water partition coefficient (Wildman–Crippen LogP) is 2.75. The van der Waals surface area contributed by atoms with Crippen molar-refractivity contribution < 1.29 is 9.59 Å². The number of nitrogens with one attached hydrogen (secondary N) is 2. The Morgan fingerprint density at radius 2 is 1.65 bits per heavy atom. The molecule has 0 aliphatic heterocycles. The summed E-state index contributed by atoms with van der Waals surface area (Å²) in [5, 5.41) is 13.8. The van der Waals surface area contributed by atoms with Crippen LogP contribution in [0.15, 0.2) is 60.7 Å². The number of carbonyl (C=O) groups is 2. The second-order valence-corrected chi connectivity index (χ2v) is 6.76. The van der Waals surface area contributed by atoms with Crippen LogP contribution in [0.5, 0.6) is 0 Å². The van der Waals surface area contributed by atoms with Gasteiger partial charge in [-0.1, -0.05) is 48.5 Å². The Morgan fingerprint density at radius 3 is 2.31 bits per heavy atom. The first-order chi connectivity index (χ1) is 12.7. The summed E-state index contributed by atoms with van der Waals surface area (Å²) in [7, 11) is 0. The van der Waals surface area contributed by atoms with Crippen LogP contribution in [-0.4, -0.2) is 30.2 Å². The summed E-state index contributed by atoms with van der Waals surface area (Å²) in [4.78, 5) is 24.4. The zero-order valence-electron chi connectivity index (χ0n) is 14.4. The molecule has 0 fully saturated rings. The molecular weight excluding hydrogens is 346 g/mol. The van der Waals surface area contributed by atoms with Crippen LogP contribution in [0.2, 0.25) is 0 Å². The SMILES string of the molecule is N#CCNC(=O)C(CCNC(=O)c1ccccc1)SCc1ccccc1. The van der Waals surface area contributed by atoms with Gasteiger partial charge in [0, 0.05) is 17.9 Å². The van der Waals surface area contributed by atoms with Gasteiger partial charge in [0.1, 0.15) is 6.54 Å². The first-order valence-corrected chi connectivity index (χ1v) is 9.39. The molecule has 1 unspecified atom stereocenters. The van der Waals surface area contributed by atoms with E-state index in [-0.39, 0.29) is 23.6 Å². The van der Waals surface area contributed by atoms with Crippen LogP contribution in [-0.2, 0) is 10.5 Å². The highest BCUT2D eigenvalue weighted by Gasteiger charge is 2.19. The van der Waals surface area contributed by atoms with Gasteiger partial charge in [-0.05, 0) is 24.1 Å². The van der Waals surface area contributed by atoms with E-state index in [4.69, 9.17) is 5.26 Å². The average Bonchev–Trinajstić information content (AvgIpc) is 2.70. The number of benzene rings is 2. The van der Waals surface area contributed by atoms with Crippen LogP contribution in [0.25, 0.3) is 0 Å². The fraction of sp³-hybridized carbons (Fsp3) is 0.250. The predicted molar refractivity (Wildman–Crippen MR) is 104 cm³/mol. The molecule has 2 N–H and O–H groups in total. The molecule has 0 bridgehead atoms. The van der Waals surface area contributed by atoms with Gasteiger partial charge in [-0.2, -0.15) is 5.26 Å². The van der Waals surface area contributed by atoms with Crippen LogP contribution in [0.4, 0.5) is 0 Å². The van der Waals surface area contributed by atoms with Gasteiger partial charge < -0.3 is 10.6 Å². The van der Waals surface area contributed by atoms with E-state index in [0.717, 1.165) is 5.56 Å². The van der Waals surface area contributed by atoms with Crippen LogP contribution < -0.4 is 10.6 Å². The minimum absolute atomic E-state index is 0.0163. The zero-order valence-corrected chi connectivity index (χ0v) is 15.2. The Balaban J connectivity index is 1.87. The molecule has 0 radical (unpaired) electrons. The molecule has 0 aromatic heterocycles. The maximum atomic E-state index is 12.3. The summed E-state index contributed by atoms with van der Waals surface area (Å²) < 4.78 is 0. The molecule has 6 heteroatoms. The monoisotopic (exact) mass is 367 g/mol. The lowest BCUT2D eigenvalue weighted by Gasteiger charge is -2.16. The lowest BCUT2D eigenvalue weighted by Crippen LogP contribution is -2.36. The molecule has 0 aliphatic rings. The van der Waals surface area contributed by atoms with Gasteiger partial charge >= 0.3 is 0 Å². The van der Waals surface area contributed by atoms with Crippen molar-refractivity contribution in [3.8, 4) is 6.07 Å². The van der Waals surface area contributed by atoms with Gasteiger partial charge in [0.2, 0.25) is 5.91 Å². The number of rotatable bonds is 9. The van der Waals surface area contributed by atoms with Crippen molar-refractivity contribution in [1.82, 2.24) is 10.6 Å². The van der Waals surface area contributed by atoms with Crippen molar-refractivity contribution in [2.24, 2.45) is 0 Å². The first kappa shape index (κ1) is 19.5. The number of hydrogen-bond acceptors (Lipinski definition) is 4. The third kappa shape index (κ3) is 6.61. The van der Waals surface area contributed by atoms with Crippen molar-refractivity contribution in [1.29, 1.82) is 5.26 Å². The number of carbonyl (C=O) groups excluding carboxylic acids is 2. The van der Waals surface area contributed by atoms with E-state index < -0.39 is 0 Å². The van der Waals surface area contributed by atoms with Gasteiger partial charge in [0.15, 0.2) is 0 Å². The Bertz CT molecular complexity index is 745. The van der Waals surface area contributed by atoms with E-state index in [1.807, 2.05) is 54.6 Å². The second kappa shape index (κ2) is 11.0. The summed E-state index contributed by atoms with van der Waals surface area (Å²) in [6.07, 6.45) is 0.493. The van der Waals surface area contributed by atoms with E-state index in [1.165, 1.54) is 11.8 Å². The van der Waals surface area contributed by atoms with E-state index in [1.54, 1.807) is 12.1 Å². The highest BCUT2D eigenvalue weighted by atomic mass is 32.2. The Labute approximate surface area is 157 Å². The molecule has 2 aromatic carbocycles. The van der Waals surface area contributed by atoms with Gasteiger partial charge in [-0.25, -0.2) is 0 Å². The molecule has 0 saturated heterocycles. The largest absolute Gasteiger partial charge is 0.352 e. The molecule has 2 rings (SSSR count). The van der Waals surface area contributed by atoms with E-state index in [9.17, 15) is 9.59 Å². The van der Waals surface area contributed by atoms with Crippen molar-refractivity contribution in [2.75, 3.05) is 13.1 Å². The van der Waals surface area contributed by atoms with Gasteiger partial charge in [-0.15, -0.1) is 11.8 Å². The van der Waals surface area contributed by atoms with Crippen molar-refractivity contribution in [2.45, 2.75) is 17.4 Å². The first-order valence-electron chi connectivity index (χ1n) is 8.34. The van der Waals surface area contributed by atoms with Crippen LogP contribution >= 0.6 is 11.8 Å². The summed E-state index contributed by atoms with van der Waals surface area (Å²) >= 11 is 1.51. The maximum absolute atomic E-state index is 12.3. The number of amides is 2. The summed E-state index contributed by atoms with van der Waals surface area (Å²) in [5.74, 6) is 0.356. The normalized spacial score (nSPS) is 11.2. The summed E-state index contributed by atoms with van der Waals surface area (Å²) in [5.41, 5.74) is 1.72. The molecule has 0 saturated carbocycles.